The minimum Gasteiger partial charge on any atom is -0.352 e. The lowest BCUT2D eigenvalue weighted by atomic mass is 10.1. The minimum atomic E-state index is -4.10. The predicted octanol–water partition coefficient (Wildman–Crippen LogP) is 5.85. The summed E-state index contributed by atoms with van der Waals surface area (Å²) < 4.78 is 30.1. The van der Waals surface area contributed by atoms with Gasteiger partial charge in [-0.1, -0.05) is 77.8 Å². The van der Waals surface area contributed by atoms with Gasteiger partial charge in [-0.05, 0) is 75.1 Å². The maximum Gasteiger partial charge on any atom is 0.264 e. The molecule has 0 aliphatic heterocycles. The van der Waals surface area contributed by atoms with E-state index in [0.29, 0.717) is 12.1 Å². The molecule has 0 fully saturated rings. The molecule has 0 unspecified atom stereocenters. The van der Waals surface area contributed by atoms with Gasteiger partial charge in [-0.2, -0.15) is 0 Å². The molecule has 0 aliphatic rings. The molecule has 0 saturated heterocycles. The van der Waals surface area contributed by atoms with E-state index in [1.54, 1.807) is 43.3 Å². The first-order chi connectivity index (χ1) is 19.0. The summed E-state index contributed by atoms with van der Waals surface area (Å²) in [5.41, 5.74) is 2.98. The van der Waals surface area contributed by atoms with E-state index >= 15 is 0 Å². The Labute approximate surface area is 246 Å². The molecule has 0 radical (unpaired) electrons. The average molecular weight is 629 g/mol. The van der Waals surface area contributed by atoms with Crippen LogP contribution in [0.25, 0.3) is 0 Å². The molecule has 0 bridgehead atoms. The second-order valence-electron chi connectivity index (χ2n) is 9.95. The molecular weight excluding hydrogens is 590 g/mol. The Morgan fingerprint density at radius 1 is 0.950 bits per heavy atom. The topological polar surface area (TPSA) is 86.8 Å². The van der Waals surface area contributed by atoms with Gasteiger partial charge in [-0.15, -0.1) is 0 Å². The summed E-state index contributed by atoms with van der Waals surface area (Å²) in [6, 6.07) is 20.4. The molecule has 2 amide bonds. The molecule has 3 aromatic rings. The zero-order valence-electron chi connectivity index (χ0n) is 23.7. The van der Waals surface area contributed by atoms with Crippen molar-refractivity contribution in [3.8, 4) is 0 Å². The summed E-state index contributed by atoms with van der Waals surface area (Å²) in [6.45, 7) is 9.06. The van der Waals surface area contributed by atoms with Crippen LogP contribution in [0.1, 0.15) is 50.8 Å². The molecule has 0 saturated carbocycles. The average Bonchev–Trinajstić information content (AvgIpc) is 2.94. The summed E-state index contributed by atoms with van der Waals surface area (Å²) in [7, 11) is -4.10. The van der Waals surface area contributed by atoms with E-state index in [1.165, 1.54) is 9.21 Å². The fourth-order valence-corrected chi connectivity index (χ4v) is 6.18. The van der Waals surface area contributed by atoms with Gasteiger partial charge in [0, 0.05) is 17.1 Å². The second-order valence-corrected chi connectivity index (χ2v) is 12.7. The van der Waals surface area contributed by atoms with Crippen molar-refractivity contribution in [2.75, 3.05) is 10.8 Å². The Morgan fingerprint density at radius 2 is 1.62 bits per heavy atom. The normalized spacial score (nSPS) is 12.8. The number of nitrogens with one attached hydrogen (secondary N) is 1. The van der Waals surface area contributed by atoms with E-state index in [0.717, 1.165) is 27.6 Å². The van der Waals surface area contributed by atoms with Gasteiger partial charge >= 0.3 is 0 Å². The Kier molecular flexibility index (Phi) is 10.9. The van der Waals surface area contributed by atoms with Crippen LogP contribution in [0.2, 0.25) is 0 Å². The third-order valence-electron chi connectivity index (χ3n) is 6.94. The number of amides is 2. The molecule has 214 valence electrons. The molecule has 9 heteroatoms. The maximum atomic E-state index is 14.1. The number of nitrogens with zero attached hydrogens (tertiary/aromatic N) is 2. The van der Waals surface area contributed by atoms with Gasteiger partial charge in [0.15, 0.2) is 0 Å². The SMILES string of the molecule is CCc1ccccc1N(CC(=O)N(Cc1cccc(Br)c1)[C@@H](C)C(=O)N[C@@H](C)CC)S(=O)(=O)c1ccc(C)cc1. The number of rotatable bonds is 12. The second kappa shape index (κ2) is 13.9. The van der Waals surface area contributed by atoms with Crippen molar-refractivity contribution in [2.24, 2.45) is 0 Å². The van der Waals surface area contributed by atoms with Crippen LogP contribution >= 0.6 is 15.9 Å². The summed E-state index contributed by atoms with van der Waals surface area (Å²) in [5.74, 6) is -0.770. The molecule has 0 heterocycles. The van der Waals surface area contributed by atoms with Crippen molar-refractivity contribution in [3.63, 3.8) is 0 Å². The molecule has 40 heavy (non-hydrogen) atoms. The first-order valence-electron chi connectivity index (χ1n) is 13.5. The Morgan fingerprint density at radius 3 is 2.25 bits per heavy atom. The molecule has 0 aromatic heterocycles. The number of anilines is 1. The highest BCUT2D eigenvalue weighted by Gasteiger charge is 2.33. The monoisotopic (exact) mass is 627 g/mol. The number of hydrogen-bond acceptors (Lipinski definition) is 4. The molecule has 2 atom stereocenters. The molecule has 0 aliphatic carbocycles. The molecule has 3 aromatic carbocycles. The lowest BCUT2D eigenvalue weighted by molar-refractivity contribution is -0.139. The zero-order chi connectivity index (χ0) is 29.4. The van der Waals surface area contributed by atoms with Crippen LogP contribution in [-0.2, 0) is 32.6 Å². The van der Waals surface area contributed by atoms with Crippen molar-refractivity contribution >= 4 is 43.5 Å². The van der Waals surface area contributed by atoms with E-state index in [1.807, 2.05) is 64.1 Å². The summed E-state index contributed by atoms with van der Waals surface area (Å²) >= 11 is 3.47. The van der Waals surface area contributed by atoms with Crippen LogP contribution in [0.5, 0.6) is 0 Å². The van der Waals surface area contributed by atoms with E-state index in [4.69, 9.17) is 0 Å². The van der Waals surface area contributed by atoms with Gasteiger partial charge in [0.1, 0.15) is 12.6 Å². The van der Waals surface area contributed by atoms with Gasteiger partial charge in [0.2, 0.25) is 11.8 Å². The zero-order valence-corrected chi connectivity index (χ0v) is 26.1. The van der Waals surface area contributed by atoms with E-state index in [-0.39, 0.29) is 23.4 Å². The number of aryl methyl sites for hydroxylation is 2. The van der Waals surface area contributed by atoms with Crippen LogP contribution in [0.4, 0.5) is 5.69 Å². The van der Waals surface area contributed by atoms with Crippen molar-refractivity contribution in [3.05, 3.63) is 94.0 Å². The third kappa shape index (κ3) is 7.73. The standard InChI is InChI=1S/C31H38BrN3O4S/c1-6-23(4)33-31(37)24(5)34(20-25-11-10-13-27(32)19-25)30(36)21-35(29-14-9-8-12-26(29)7-2)40(38,39)28-17-15-22(3)16-18-28/h8-19,23-24H,6-7,20-21H2,1-5H3,(H,33,37)/t23-,24-/m0/s1. The highest BCUT2D eigenvalue weighted by Crippen LogP contribution is 2.28. The number of para-hydroxylation sites is 1. The first-order valence-corrected chi connectivity index (χ1v) is 15.7. The van der Waals surface area contributed by atoms with Crippen molar-refractivity contribution in [1.29, 1.82) is 0 Å². The Hall–Kier alpha value is -3.17. The minimum absolute atomic E-state index is 0.0624. The molecule has 1 N–H and O–H groups in total. The van der Waals surface area contributed by atoms with E-state index in [2.05, 4.69) is 21.2 Å². The number of hydrogen-bond donors (Lipinski definition) is 1. The third-order valence-corrected chi connectivity index (χ3v) is 9.21. The quantitative estimate of drug-likeness (QED) is 0.273. The first kappa shape index (κ1) is 31.4. The van der Waals surface area contributed by atoms with E-state index in [9.17, 15) is 18.0 Å². The van der Waals surface area contributed by atoms with Crippen LogP contribution in [0.15, 0.2) is 82.2 Å². The molecule has 3 rings (SSSR count). The van der Waals surface area contributed by atoms with Crippen molar-refractivity contribution in [2.45, 2.75) is 71.0 Å². The van der Waals surface area contributed by atoms with Gasteiger partial charge < -0.3 is 10.2 Å². The van der Waals surface area contributed by atoms with Gasteiger partial charge in [0.05, 0.1) is 10.6 Å². The van der Waals surface area contributed by atoms with Gasteiger partial charge in [-0.25, -0.2) is 8.42 Å². The van der Waals surface area contributed by atoms with Gasteiger partial charge in [0.25, 0.3) is 10.0 Å². The Balaban J connectivity index is 2.06. The van der Waals surface area contributed by atoms with Gasteiger partial charge in [-0.3, -0.25) is 13.9 Å². The summed E-state index contributed by atoms with van der Waals surface area (Å²) in [5, 5.41) is 2.95. The van der Waals surface area contributed by atoms with Crippen LogP contribution < -0.4 is 9.62 Å². The Bertz CT molecular complexity index is 1430. The largest absolute Gasteiger partial charge is 0.352 e. The molecule has 0 spiro atoms. The highest BCUT2D eigenvalue weighted by atomic mass is 79.9. The number of halogens is 1. The lowest BCUT2D eigenvalue weighted by Gasteiger charge is -2.33. The number of carbonyl (C=O) groups excluding carboxylic acids is 2. The smallest absolute Gasteiger partial charge is 0.264 e. The van der Waals surface area contributed by atoms with Crippen LogP contribution in [0, 0.1) is 6.92 Å². The molecular formula is C31H38BrN3O4S. The maximum absolute atomic E-state index is 14.1. The highest BCUT2D eigenvalue weighted by molar-refractivity contribution is 9.10. The summed E-state index contributed by atoms with van der Waals surface area (Å²) in [6.07, 6.45) is 1.33. The predicted molar refractivity (Wildman–Crippen MR) is 164 cm³/mol. The van der Waals surface area contributed by atoms with E-state index < -0.39 is 28.5 Å². The van der Waals surface area contributed by atoms with Crippen LogP contribution in [-0.4, -0.2) is 43.8 Å². The van der Waals surface area contributed by atoms with Crippen LogP contribution in [0.3, 0.4) is 0 Å². The fourth-order valence-electron chi connectivity index (χ4n) is 4.28. The fraction of sp³-hybridized carbons (Fsp3) is 0.355. The van der Waals surface area contributed by atoms with Crippen molar-refractivity contribution in [1.82, 2.24) is 10.2 Å². The number of benzene rings is 3. The summed E-state index contributed by atoms with van der Waals surface area (Å²) in [4.78, 5) is 28.8. The lowest BCUT2D eigenvalue weighted by Crippen LogP contribution is -2.52. The number of carbonyl (C=O) groups is 2. The molecule has 7 nitrogen and oxygen atoms in total. The number of sulfonamides is 1. The van der Waals surface area contributed by atoms with Crippen molar-refractivity contribution < 1.29 is 18.0 Å².